The fourth-order valence-electron chi connectivity index (χ4n) is 2.33. The van der Waals surface area contributed by atoms with Crippen molar-refractivity contribution in [1.29, 1.82) is 5.53 Å². The van der Waals surface area contributed by atoms with E-state index in [9.17, 15) is 0 Å². The number of rotatable bonds is 5. The summed E-state index contributed by atoms with van der Waals surface area (Å²) in [4.78, 5) is 2.14. The molecular weight excluding hydrogens is 272 g/mol. The van der Waals surface area contributed by atoms with E-state index in [0.717, 1.165) is 30.8 Å². The summed E-state index contributed by atoms with van der Waals surface area (Å²) in [5, 5.41) is 7.07. The third kappa shape index (κ3) is 4.20. The van der Waals surface area contributed by atoms with Crippen molar-refractivity contribution in [2.75, 3.05) is 23.8 Å². The van der Waals surface area contributed by atoms with Crippen molar-refractivity contribution in [3.63, 3.8) is 0 Å². The van der Waals surface area contributed by atoms with Gasteiger partial charge in [-0.15, -0.1) is 0 Å². The lowest BCUT2D eigenvalue weighted by Gasteiger charge is -2.24. The van der Waals surface area contributed by atoms with Gasteiger partial charge in [-0.25, -0.2) is 5.53 Å². The van der Waals surface area contributed by atoms with Crippen LogP contribution in [0.2, 0.25) is 0 Å². The van der Waals surface area contributed by atoms with Crippen LogP contribution in [0.1, 0.15) is 33.6 Å². The molecule has 1 aliphatic rings. The van der Waals surface area contributed by atoms with Crippen LogP contribution in [-0.4, -0.2) is 13.6 Å². The van der Waals surface area contributed by atoms with Crippen molar-refractivity contribution < 1.29 is 0 Å². The Balaban J connectivity index is 2.19. The molecule has 0 heterocycles. The van der Waals surface area contributed by atoms with E-state index in [4.69, 9.17) is 5.53 Å². The summed E-state index contributed by atoms with van der Waals surface area (Å²) < 4.78 is 0. The minimum Gasteiger partial charge on any atom is -0.383 e. The number of allylic oxidation sites excluding steroid dienone is 3. The Labute approximate surface area is 133 Å². The van der Waals surface area contributed by atoms with E-state index in [1.165, 1.54) is 5.70 Å². The van der Waals surface area contributed by atoms with Gasteiger partial charge in [0.05, 0.1) is 5.69 Å². The van der Waals surface area contributed by atoms with Gasteiger partial charge in [-0.05, 0) is 42.5 Å². The molecule has 0 saturated heterocycles. The molecule has 0 fully saturated rings. The summed E-state index contributed by atoms with van der Waals surface area (Å²) >= 11 is 0. The van der Waals surface area contributed by atoms with Crippen molar-refractivity contribution in [3.8, 4) is 0 Å². The van der Waals surface area contributed by atoms with Crippen LogP contribution in [0, 0.1) is 10.9 Å². The molecule has 22 heavy (non-hydrogen) atoms. The van der Waals surface area contributed by atoms with Crippen molar-refractivity contribution in [2.45, 2.75) is 33.6 Å². The van der Waals surface area contributed by atoms with Crippen LogP contribution < -0.4 is 10.2 Å². The van der Waals surface area contributed by atoms with E-state index >= 15 is 0 Å². The van der Waals surface area contributed by atoms with Gasteiger partial charge in [0, 0.05) is 25.0 Å². The molecule has 2 N–H and O–H groups in total. The predicted octanol–water partition coefficient (Wildman–Crippen LogP) is 5.48. The SMILES string of the molecule is CN(C1=CCCC=C1)c1ccc(NCC(C)(C)C)c(N=N)c1. The number of hydrogen-bond donors (Lipinski definition) is 2. The average Bonchev–Trinajstić information content (AvgIpc) is 2.52. The molecule has 0 spiro atoms. The fraction of sp³-hybridized carbons (Fsp3) is 0.444. The highest BCUT2D eigenvalue weighted by Gasteiger charge is 2.13. The minimum absolute atomic E-state index is 0.187. The number of nitrogens with zero attached hydrogens (tertiary/aromatic N) is 2. The van der Waals surface area contributed by atoms with Crippen LogP contribution in [0.15, 0.2) is 47.2 Å². The Hall–Kier alpha value is -2.10. The van der Waals surface area contributed by atoms with Gasteiger partial charge in [0.15, 0.2) is 0 Å². The lowest BCUT2D eigenvalue weighted by atomic mass is 9.97. The highest BCUT2D eigenvalue weighted by molar-refractivity contribution is 5.72. The lowest BCUT2D eigenvalue weighted by Crippen LogP contribution is -2.19. The second-order valence-electron chi connectivity index (χ2n) is 6.90. The number of hydrogen-bond acceptors (Lipinski definition) is 4. The summed E-state index contributed by atoms with van der Waals surface area (Å²) in [7, 11) is 2.05. The van der Waals surface area contributed by atoms with Crippen molar-refractivity contribution in [3.05, 3.63) is 42.1 Å². The third-order valence-electron chi connectivity index (χ3n) is 3.66. The van der Waals surface area contributed by atoms with Crippen LogP contribution in [0.25, 0.3) is 0 Å². The summed E-state index contributed by atoms with van der Waals surface area (Å²) in [5.74, 6) is 0. The zero-order chi connectivity index (χ0) is 16.2. The number of nitrogens with one attached hydrogen (secondary N) is 2. The van der Waals surface area contributed by atoms with Gasteiger partial charge < -0.3 is 10.2 Å². The maximum Gasteiger partial charge on any atom is 0.110 e. The first kappa shape index (κ1) is 16.3. The molecule has 4 heteroatoms. The predicted molar refractivity (Wildman–Crippen MR) is 94.1 cm³/mol. The largest absolute Gasteiger partial charge is 0.383 e. The molecule has 0 bridgehead atoms. The fourth-order valence-corrected chi connectivity index (χ4v) is 2.33. The van der Waals surface area contributed by atoms with E-state index in [1.807, 2.05) is 19.2 Å². The summed E-state index contributed by atoms with van der Waals surface area (Å²) in [6, 6.07) is 6.04. The molecule has 118 valence electrons. The first-order chi connectivity index (χ1) is 10.4. The van der Waals surface area contributed by atoms with Crippen LogP contribution >= 0.6 is 0 Å². The zero-order valence-corrected chi connectivity index (χ0v) is 14.0. The van der Waals surface area contributed by atoms with Crippen LogP contribution in [-0.2, 0) is 0 Å². The molecule has 0 aliphatic heterocycles. The van der Waals surface area contributed by atoms with Gasteiger partial charge in [0.1, 0.15) is 5.69 Å². The standard InChI is InChI=1S/C18H26N4/c1-18(2,3)13-20-16-11-10-15(12-17(16)21-19)22(4)14-8-6-5-7-9-14/h6,8-12,19-20H,5,7,13H2,1-4H3. The quantitative estimate of drug-likeness (QED) is 0.707. The second kappa shape index (κ2) is 6.77. The molecule has 0 amide bonds. The Kier molecular flexibility index (Phi) is 5.01. The van der Waals surface area contributed by atoms with E-state index in [1.54, 1.807) is 0 Å². The monoisotopic (exact) mass is 298 g/mol. The molecule has 1 aromatic carbocycles. The maximum atomic E-state index is 7.44. The van der Waals surface area contributed by atoms with Gasteiger partial charge in [0.2, 0.25) is 0 Å². The molecule has 0 atom stereocenters. The Morgan fingerprint density at radius 3 is 2.64 bits per heavy atom. The highest BCUT2D eigenvalue weighted by Crippen LogP contribution is 2.32. The van der Waals surface area contributed by atoms with Crippen LogP contribution in [0.3, 0.4) is 0 Å². The molecule has 0 aromatic heterocycles. The van der Waals surface area contributed by atoms with Crippen molar-refractivity contribution >= 4 is 17.1 Å². The molecule has 0 radical (unpaired) electrons. The third-order valence-corrected chi connectivity index (χ3v) is 3.66. The van der Waals surface area contributed by atoms with Gasteiger partial charge >= 0.3 is 0 Å². The number of anilines is 2. The lowest BCUT2D eigenvalue weighted by molar-refractivity contribution is 0.443. The van der Waals surface area contributed by atoms with E-state index < -0.39 is 0 Å². The molecule has 0 saturated carbocycles. The van der Waals surface area contributed by atoms with Crippen molar-refractivity contribution in [2.24, 2.45) is 10.5 Å². The van der Waals surface area contributed by atoms with Crippen molar-refractivity contribution in [1.82, 2.24) is 0 Å². The minimum atomic E-state index is 0.187. The smallest absolute Gasteiger partial charge is 0.110 e. The molecular formula is C18H26N4. The van der Waals surface area contributed by atoms with Crippen LogP contribution in [0.4, 0.5) is 17.1 Å². The summed E-state index contributed by atoms with van der Waals surface area (Å²) in [5.41, 5.74) is 11.5. The topological polar surface area (TPSA) is 51.5 Å². The molecule has 1 aromatic rings. The number of likely N-dealkylation sites (N-methyl/N-ethyl adjacent to an activating group) is 1. The normalized spacial score (nSPS) is 14.5. The average molecular weight is 298 g/mol. The van der Waals surface area contributed by atoms with E-state index in [0.29, 0.717) is 5.69 Å². The van der Waals surface area contributed by atoms with Gasteiger partial charge in [-0.2, -0.15) is 5.11 Å². The maximum absolute atomic E-state index is 7.44. The molecule has 2 rings (SSSR count). The Bertz CT molecular complexity index is 594. The van der Waals surface area contributed by atoms with Gasteiger partial charge in [-0.1, -0.05) is 32.9 Å². The van der Waals surface area contributed by atoms with Crippen LogP contribution in [0.5, 0.6) is 0 Å². The highest BCUT2D eigenvalue weighted by atomic mass is 15.1. The molecule has 4 nitrogen and oxygen atoms in total. The number of benzene rings is 1. The summed E-state index contributed by atoms with van der Waals surface area (Å²) in [6.45, 7) is 7.39. The molecule has 1 aliphatic carbocycles. The summed E-state index contributed by atoms with van der Waals surface area (Å²) in [6.07, 6.45) is 8.77. The Morgan fingerprint density at radius 2 is 2.05 bits per heavy atom. The van der Waals surface area contributed by atoms with Gasteiger partial charge in [-0.3, -0.25) is 0 Å². The second-order valence-corrected chi connectivity index (χ2v) is 6.90. The van der Waals surface area contributed by atoms with E-state index in [-0.39, 0.29) is 5.41 Å². The Morgan fingerprint density at radius 1 is 1.27 bits per heavy atom. The van der Waals surface area contributed by atoms with Gasteiger partial charge in [0.25, 0.3) is 0 Å². The van der Waals surface area contributed by atoms with E-state index in [2.05, 4.69) is 60.4 Å². The zero-order valence-electron chi connectivity index (χ0n) is 14.0. The first-order valence-corrected chi connectivity index (χ1v) is 7.76. The molecule has 0 unspecified atom stereocenters. The first-order valence-electron chi connectivity index (χ1n) is 7.76.